The number of benzene rings is 2. The first-order chi connectivity index (χ1) is 9.42. The van der Waals surface area contributed by atoms with E-state index in [-0.39, 0.29) is 0 Å². The first kappa shape index (κ1) is 11.1. The fraction of sp³-hybridized carbons (Fsp3) is 0.333. The van der Waals surface area contributed by atoms with Gasteiger partial charge in [-0.05, 0) is 48.3 Å². The van der Waals surface area contributed by atoms with E-state index in [0.29, 0.717) is 6.61 Å². The number of ether oxygens (including phenoxy) is 1. The highest BCUT2D eigenvalue weighted by atomic mass is 16.5. The van der Waals surface area contributed by atoms with Crippen molar-refractivity contribution in [3.8, 4) is 5.75 Å². The highest BCUT2D eigenvalue weighted by Gasteiger charge is 2.38. The molecule has 1 fully saturated rings. The van der Waals surface area contributed by atoms with E-state index in [1.807, 2.05) is 6.07 Å². The molecular formula is C18H18O. The van der Waals surface area contributed by atoms with E-state index < -0.39 is 0 Å². The molecule has 2 unspecified atom stereocenters. The number of hydrogen-bond acceptors (Lipinski definition) is 1. The third-order valence-electron chi connectivity index (χ3n) is 4.62. The minimum atomic E-state index is 0.675. The summed E-state index contributed by atoms with van der Waals surface area (Å²) in [7, 11) is 0. The van der Waals surface area contributed by atoms with E-state index in [1.165, 1.54) is 30.4 Å². The van der Waals surface area contributed by atoms with Gasteiger partial charge < -0.3 is 4.74 Å². The predicted molar refractivity (Wildman–Crippen MR) is 76.5 cm³/mol. The molecule has 0 amide bonds. The summed E-state index contributed by atoms with van der Waals surface area (Å²) >= 11 is 0. The Labute approximate surface area is 114 Å². The maximum Gasteiger partial charge on any atom is 0.123 e. The first-order valence-corrected chi connectivity index (χ1v) is 7.21. The molecule has 2 aromatic carbocycles. The van der Waals surface area contributed by atoms with Gasteiger partial charge in [0.2, 0.25) is 0 Å². The Morgan fingerprint density at radius 3 is 2.63 bits per heavy atom. The largest absolute Gasteiger partial charge is 0.489 e. The van der Waals surface area contributed by atoms with E-state index in [1.54, 1.807) is 5.56 Å². The van der Waals surface area contributed by atoms with Crippen LogP contribution in [0.5, 0.6) is 5.75 Å². The van der Waals surface area contributed by atoms with Crippen molar-refractivity contribution in [1.82, 2.24) is 0 Å². The van der Waals surface area contributed by atoms with Crippen molar-refractivity contribution >= 4 is 0 Å². The standard InChI is InChI=1S/C18H18O/c1-2-5-13(6-3-1)12-19-17-8-4-7-16-14-9-10-15(11-14)18(16)17/h1-8,14-15H,9-12H2. The summed E-state index contributed by atoms with van der Waals surface area (Å²) in [5, 5.41) is 0. The lowest BCUT2D eigenvalue weighted by molar-refractivity contribution is 0.301. The summed E-state index contributed by atoms with van der Waals surface area (Å²) < 4.78 is 6.09. The van der Waals surface area contributed by atoms with Gasteiger partial charge in [0.25, 0.3) is 0 Å². The maximum absolute atomic E-state index is 6.09. The summed E-state index contributed by atoms with van der Waals surface area (Å²) in [5.41, 5.74) is 4.31. The van der Waals surface area contributed by atoms with Crippen LogP contribution in [0.2, 0.25) is 0 Å². The molecule has 0 aromatic heterocycles. The van der Waals surface area contributed by atoms with Crippen LogP contribution < -0.4 is 4.74 Å². The number of hydrogen-bond donors (Lipinski definition) is 0. The van der Waals surface area contributed by atoms with Gasteiger partial charge in [-0.1, -0.05) is 42.5 Å². The zero-order valence-corrected chi connectivity index (χ0v) is 11.0. The molecule has 0 aliphatic heterocycles. The normalized spacial score (nSPS) is 23.4. The second-order valence-electron chi connectivity index (χ2n) is 5.74. The Kier molecular flexibility index (Phi) is 2.58. The smallest absolute Gasteiger partial charge is 0.123 e. The molecule has 2 aromatic rings. The lowest BCUT2D eigenvalue weighted by Gasteiger charge is -2.19. The molecular weight excluding hydrogens is 232 g/mol. The third kappa shape index (κ3) is 1.85. The lowest BCUT2D eigenvalue weighted by atomic mass is 9.91. The second-order valence-corrected chi connectivity index (χ2v) is 5.74. The Morgan fingerprint density at radius 2 is 1.74 bits per heavy atom. The van der Waals surface area contributed by atoms with Crippen molar-refractivity contribution in [1.29, 1.82) is 0 Å². The molecule has 1 nitrogen and oxygen atoms in total. The van der Waals surface area contributed by atoms with Crippen LogP contribution in [0.1, 0.15) is 47.8 Å². The maximum atomic E-state index is 6.09. The van der Waals surface area contributed by atoms with Gasteiger partial charge in [-0.15, -0.1) is 0 Å². The highest BCUT2D eigenvalue weighted by molar-refractivity contribution is 5.50. The number of rotatable bonds is 3. The summed E-state index contributed by atoms with van der Waals surface area (Å²) in [6.07, 6.45) is 4.07. The number of fused-ring (bicyclic) bond motifs is 5. The van der Waals surface area contributed by atoms with Crippen LogP contribution in [-0.4, -0.2) is 0 Å². The Hall–Kier alpha value is -1.76. The van der Waals surface area contributed by atoms with Crippen molar-refractivity contribution in [2.75, 3.05) is 0 Å². The topological polar surface area (TPSA) is 9.23 Å². The summed E-state index contributed by atoms with van der Waals surface area (Å²) in [6, 6.07) is 17.0. The molecule has 4 rings (SSSR count). The van der Waals surface area contributed by atoms with Crippen LogP contribution >= 0.6 is 0 Å². The lowest BCUT2D eigenvalue weighted by Crippen LogP contribution is -2.03. The van der Waals surface area contributed by atoms with Crippen LogP contribution in [-0.2, 0) is 6.61 Å². The second kappa shape index (κ2) is 4.41. The van der Waals surface area contributed by atoms with Crippen molar-refractivity contribution in [2.24, 2.45) is 0 Å². The quantitative estimate of drug-likeness (QED) is 0.771. The van der Waals surface area contributed by atoms with Gasteiger partial charge in [-0.25, -0.2) is 0 Å². The van der Waals surface area contributed by atoms with Crippen LogP contribution in [0.25, 0.3) is 0 Å². The monoisotopic (exact) mass is 250 g/mol. The Morgan fingerprint density at radius 1 is 0.895 bits per heavy atom. The SMILES string of the molecule is c1ccc(COc2cccc3c2C2CCC3C2)cc1. The van der Waals surface area contributed by atoms with E-state index in [9.17, 15) is 0 Å². The summed E-state index contributed by atoms with van der Waals surface area (Å²) in [4.78, 5) is 0. The molecule has 0 heterocycles. The molecule has 0 spiro atoms. The van der Waals surface area contributed by atoms with Crippen LogP contribution in [0.15, 0.2) is 48.5 Å². The van der Waals surface area contributed by atoms with Crippen molar-refractivity contribution in [3.63, 3.8) is 0 Å². The van der Waals surface area contributed by atoms with Crippen LogP contribution in [0, 0.1) is 0 Å². The fourth-order valence-electron chi connectivity index (χ4n) is 3.74. The summed E-state index contributed by atoms with van der Waals surface area (Å²) in [6.45, 7) is 0.675. The van der Waals surface area contributed by atoms with Crippen LogP contribution in [0.4, 0.5) is 0 Å². The van der Waals surface area contributed by atoms with E-state index >= 15 is 0 Å². The molecule has 0 saturated heterocycles. The molecule has 1 saturated carbocycles. The molecule has 2 aliphatic carbocycles. The van der Waals surface area contributed by atoms with Gasteiger partial charge in [0.05, 0.1) is 0 Å². The average molecular weight is 250 g/mol. The molecule has 2 aliphatic rings. The molecule has 96 valence electrons. The molecule has 0 radical (unpaired) electrons. The Balaban J connectivity index is 1.60. The van der Waals surface area contributed by atoms with Gasteiger partial charge in [-0.2, -0.15) is 0 Å². The van der Waals surface area contributed by atoms with Crippen molar-refractivity contribution in [2.45, 2.75) is 37.7 Å². The molecule has 2 atom stereocenters. The van der Waals surface area contributed by atoms with Crippen LogP contribution in [0.3, 0.4) is 0 Å². The minimum Gasteiger partial charge on any atom is -0.489 e. The Bertz CT molecular complexity index is 588. The van der Waals surface area contributed by atoms with E-state index in [2.05, 4.69) is 42.5 Å². The summed E-state index contributed by atoms with van der Waals surface area (Å²) in [5.74, 6) is 2.68. The van der Waals surface area contributed by atoms with Crippen molar-refractivity contribution in [3.05, 3.63) is 65.2 Å². The molecule has 1 heteroatoms. The zero-order chi connectivity index (χ0) is 12.7. The predicted octanol–water partition coefficient (Wildman–Crippen LogP) is 4.63. The molecule has 2 bridgehead atoms. The zero-order valence-electron chi connectivity index (χ0n) is 11.0. The molecule has 19 heavy (non-hydrogen) atoms. The fourth-order valence-corrected chi connectivity index (χ4v) is 3.74. The van der Waals surface area contributed by atoms with E-state index in [0.717, 1.165) is 17.6 Å². The average Bonchev–Trinajstić information content (AvgIpc) is 3.08. The van der Waals surface area contributed by atoms with Gasteiger partial charge in [0.1, 0.15) is 12.4 Å². The highest BCUT2D eigenvalue weighted by Crippen LogP contribution is 2.55. The minimum absolute atomic E-state index is 0.675. The van der Waals surface area contributed by atoms with Gasteiger partial charge in [-0.3, -0.25) is 0 Å². The van der Waals surface area contributed by atoms with Gasteiger partial charge in [0, 0.05) is 5.56 Å². The van der Waals surface area contributed by atoms with E-state index in [4.69, 9.17) is 4.74 Å². The van der Waals surface area contributed by atoms with Gasteiger partial charge in [0.15, 0.2) is 0 Å². The van der Waals surface area contributed by atoms with Crippen molar-refractivity contribution < 1.29 is 4.74 Å². The molecule has 0 N–H and O–H groups in total. The van der Waals surface area contributed by atoms with Gasteiger partial charge >= 0.3 is 0 Å². The first-order valence-electron chi connectivity index (χ1n) is 7.21. The third-order valence-corrected chi connectivity index (χ3v) is 4.62.